The smallest absolute Gasteiger partial charge is 0.234 e. The van der Waals surface area contributed by atoms with Crippen molar-refractivity contribution in [2.45, 2.75) is 5.16 Å². The Labute approximate surface area is 186 Å². The predicted molar refractivity (Wildman–Crippen MR) is 116 cm³/mol. The zero-order chi connectivity index (χ0) is 21.9. The Kier molecular flexibility index (Phi) is 5.42. The monoisotopic (exact) mass is 449 g/mol. The molecule has 0 unspecified atom stereocenters. The van der Waals surface area contributed by atoms with E-state index in [0.717, 1.165) is 11.8 Å². The highest BCUT2D eigenvalue weighted by Gasteiger charge is 2.20. The quantitative estimate of drug-likeness (QED) is 0.446. The molecule has 4 aromatic rings. The number of aromatic nitrogens is 4. The maximum atomic E-state index is 14.6. The fourth-order valence-corrected chi connectivity index (χ4v) is 3.94. The third kappa shape index (κ3) is 4.00. The average molecular weight is 449 g/mol. The molecule has 0 fully saturated rings. The summed E-state index contributed by atoms with van der Waals surface area (Å²) < 4.78 is 26.8. The molecule has 0 saturated heterocycles. The van der Waals surface area contributed by atoms with Crippen LogP contribution in [-0.4, -0.2) is 38.2 Å². The van der Waals surface area contributed by atoms with Gasteiger partial charge in [0.2, 0.25) is 12.7 Å². The highest BCUT2D eigenvalue weighted by atomic mass is 32.2. The van der Waals surface area contributed by atoms with Crippen LogP contribution in [0.15, 0.2) is 72.1 Å². The van der Waals surface area contributed by atoms with Gasteiger partial charge in [0, 0.05) is 29.7 Å². The number of carbonyl (C=O) groups excluding carboxylic acids is 1. The SMILES string of the molecule is O=C(CSc1nnc(-c2cccnc2)n1-c1ccccc1F)Nc1ccc2c(c1)OCO2. The number of ether oxygens (including phenoxy) is 2. The first-order valence-electron chi connectivity index (χ1n) is 9.62. The van der Waals surface area contributed by atoms with Crippen LogP contribution in [0.5, 0.6) is 11.5 Å². The van der Waals surface area contributed by atoms with Crippen molar-refractivity contribution in [3.63, 3.8) is 0 Å². The Morgan fingerprint density at radius 2 is 1.97 bits per heavy atom. The first-order valence-corrected chi connectivity index (χ1v) is 10.6. The van der Waals surface area contributed by atoms with E-state index in [9.17, 15) is 9.18 Å². The Hall–Kier alpha value is -3.92. The molecular formula is C22H16FN5O3S. The number of hydrogen-bond acceptors (Lipinski definition) is 7. The van der Waals surface area contributed by atoms with Crippen molar-refractivity contribution in [3.8, 4) is 28.6 Å². The molecule has 5 rings (SSSR count). The highest BCUT2D eigenvalue weighted by Crippen LogP contribution is 2.34. The van der Waals surface area contributed by atoms with Gasteiger partial charge in [-0.1, -0.05) is 23.9 Å². The van der Waals surface area contributed by atoms with Gasteiger partial charge in [0.15, 0.2) is 22.5 Å². The highest BCUT2D eigenvalue weighted by molar-refractivity contribution is 7.99. The number of thioether (sulfide) groups is 1. The van der Waals surface area contributed by atoms with Gasteiger partial charge in [-0.2, -0.15) is 0 Å². The molecule has 32 heavy (non-hydrogen) atoms. The number of nitrogens with zero attached hydrogens (tertiary/aromatic N) is 4. The van der Waals surface area contributed by atoms with Gasteiger partial charge in [-0.3, -0.25) is 14.3 Å². The minimum atomic E-state index is -0.427. The summed E-state index contributed by atoms with van der Waals surface area (Å²) in [4.78, 5) is 16.6. The van der Waals surface area contributed by atoms with Crippen LogP contribution < -0.4 is 14.8 Å². The van der Waals surface area contributed by atoms with E-state index in [4.69, 9.17) is 9.47 Å². The average Bonchev–Trinajstić information content (AvgIpc) is 3.45. The summed E-state index contributed by atoms with van der Waals surface area (Å²) in [5.74, 6) is 1.02. The van der Waals surface area contributed by atoms with E-state index >= 15 is 0 Å². The van der Waals surface area contributed by atoms with Crippen molar-refractivity contribution in [2.24, 2.45) is 0 Å². The van der Waals surface area contributed by atoms with Crippen LogP contribution in [0.25, 0.3) is 17.1 Å². The molecule has 0 aliphatic carbocycles. The molecule has 1 aliphatic rings. The molecule has 0 radical (unpaired) electrons. The van der Waals surface area contributed by atoms with Crippen LogP contribution in [0.3, 0.4) is 0 Å². The minimum Gasteiger partial charge on any atom is -0.454 e. The molecule has 8 nitrogen and oxygen atoms in total. The number of carbonyl (C=O) groups is 1. The first-order chi connectivity index (χ1) is 15.7. The second-order valence-corrected chi connectivity index (χ2v) is 7.68. The molecule has 0 atom stereocenters. The molecule has 0 spiro atoms. The van der Waals surface area contributed by atoms with Crippen LogP contribution in [0.4, 0.5) is 10.1 Å². The summed E-state index contributed by atoms with van der Waals surface area (Å²) in [5, 5.41) is 11.6. The van der Waals surface area contributed by atoms with E-state index in [1.165, 1.54) is 6.07 Å². The Balaban J connectivity index is 1.38. The Bertz CT molecular complexity index is 1280. The van der Waals surface area contributed by atoms with Crippen molar-refractivity contribution in [1.29, 1.82) is 0 Å². The van der Waals surface area contributed by atoms with Crippen LogP contribution in [-0.2, 0) is 4.79 Å². The lowest BCUT2D eigenvalue weighted by Gasteiger charge is -2.11. The standard InChI is InChI=1S/C22H16FN5O3S/c23-16-5-1-2-6-17(16)28-21(14-4-3-9-24-11-14)26-27-22(28)32-12-20(29)25-15-7-8-18-19(10-15)31-13-30-18/h1-11H,12-13H2,(H,25,29). The number of nitrogens with one attached hydrogen (secondary N) is 1. The van der Waals surface area contributed by atoms with Gasteiger partial charge < -0.3 is 14.8 Å². The van der Waals surface area contributed by atoms with Crippen LogP contribution >= 0.6 is 11.8 Å². The maximum Gasteiger partial charge on any atom is 0.234 e. The second kappa shape index (κ2) is 8.67. The number of benzene rings is 2. The van der Waals surface area contributed by atoms with E-state index in [1.807, 2.05) is 6.07 Å². The molecule has 1 aliphatic heterocycles. The predicted octanol–water partition coefficient (Wildman–Crippen LogP) is 3.93. The Morgan fingerprint density at radius 1 is 1.09 bits per heavy atom. The summed E-state index contributed by atoms with van der Waals surface area (Å²) in [6.07, 6.45) is 3.27. The minimum absolute atomic E-state index is 0.0497. The summed E-state index contributed by atoms with van der Waals surface area (Å²) in [5.41, 5.74) is 1.56. The summed E-state index contributed by atoms with van der Waals surface area (Å²) >= 11 is 1.15. The van der Waals surface area contributed by atoms with Gasteiger partial charge in [-0.05, 0) is 36.4 Å². The topological polar surface area (TPSA) is 91.2 Å². The molecule has 0 saturated carbocycles. The third-order valence-electron chi connectivity index (χ3n) is 4.64. The number of pyridine rings is 1. The van der Waals surface area contributed by atoms with Crippen molar-refractivity contribution in [3.05, 3.63) is 72.8 Å². The Morgan fingerprint density at radius 3 is 2.81 bits per heavy atom. The molecule has 1 amide bonds. The van der Waals surface area contributed by atoms with Crippen molar-refractivity contribution in [2.75, 3.05) is 17.9 Å². The zero-order valence-corrected chi connectivity index (χ0v) is 17.4. The molecule has 160 valence electrons. The second-order valence-electron chi connectivity index (χ2n) is 6.74. The molecular weight excluding hydrogens is 433 g/mol. The van der Waals surface area contributed by atoms with Gasteiger partial charge in [0.25, 0.3) is 0 Å². The molecule has 10 heteroatoms. The number of anilines is 1. The van der Waals surface area contributed by atoms with E-state index in [2.05, 4.69) is 20.5 Å². The molecule has 2 aromatic carbocycles. The van der Waals surface area contributed by atoms with E-state index in [1.54, 1.807) is 59.4 Å². The van der Waals surface area contributed by atoms with Crippen LogP contribution in [0.2, 0.25) is 0 Å². The van der Waals surface area contributed by atoms with E-state index in [-0.39, 0.29) is 24.1 Å². The summed E-state index contributed by atoms with van der Waals surface area (Å²) in [7, 11) is 0. The van der Waals surface area contributed by atoms with E-state index in [0.29, 0.717) is 33.7 Å². The molecule has 1 N–H and O–H groups in total. The number of halogens is 1. The van der Waals surface area contributed by atoms with Crippen LogP contribution in [0, 0.1) is 5.82 Å². The maximum absolute atomic E-state index is 14.6. The number of hydrogen-bond donors (Lipinski definition) is 1. The summed E-state index contributed by atoms with van der Waals surface area (Å²) in [6.45, 7) is 0.160. The van der Waals surface area contributed by atoms with Gasteiger partial charge in [-0.15, -0.1) is 10.2 Å². The lowest BCUT2D eigenvalue weighted by molar-refractivity contribution is -0.113. The van der Waals surface area contributed by atoms with Gasteiger partial charge >= 0.3 is 0 Å². The zero-order valence-electron chi connectivity index (χ0n) is 16.6. The first kappa shape index (κ1) is 20.0. The molecule has 3 heterocycles. The number of fused-ring (bicyclic) bond motifs is 1. The summed E-state index contributed by atoms with van der Waals surface area (Å²) in [6, 6.07) is 15.1. The lowest BCUT2D eigenvalue weighted by Crippen LogP contribution is -2.14. The van der Waals surface area contributed by atoms with Gasteiger partial charge in [-0.25, -0.2) is 4.39 Å². The number of rotatable bonds is 6. The van der Waals surface area contributed by atoms with Crippen LogP contribution in [0.1, 0.15) is 0 Å². The normalized spacial score (nSPS) is 12.0. The third-order valence-corrected chi connectivity index (χ3v) is 5.56. The van der Waals surface area contributed by atoms with E-state index < -0.39 is 5.82 Å². The van der Waals surface area contributed by atoms with Gasteiger partial charge in [0.1, 0.15) is 5.82 Å². The lowest BCUT2D eigenvalue weighted by atomic mass is 10.2. The number of amides is 1. The molecule has 0 bridgehead atoms. The largest absolute Gasteiger partial charge is 0.454 e. The van der Waals surface area contributed by atoms with Crippen molar-refractivity contribution < 1.29 is 18.7 Å². The van der Waals surface area contributed by atoms with Crippen molar-refractivity contribution >= 4 is 23.4 Å². The van der Waals surface area contributed by atoms with Crippen molar-refractivity contribution in [1.82, 2.24) is 19.7 Å². The number of para-hydroxylation sites is 1. The fraction of sp³-hybridized carbons (Fsp3) is 0.0909. The van der Waals surface area contributed by atoms with Gasteiger partial charge in [0.05, 0.1) is 11.4 Å². The molecule has 2 aromatic heterocycles. The fourth-order valence-electron chi connectivity index (χ4n) is 3.20.